The lowest BCUT2D eigenvalue weighted by Gasteiger charge is -2.12. The van der Waals surface area contributed by atoms with Gasteiger partial charge in [-0.05, 0) is 38.2 Å². The van der Waals surface area contributed by atoms with E-state index in [9.17, 15) is 5.11 Å². The quantitative estimate of drug-likeness (QED) is 0.795. The van der Waals surface area contributed by atoms with E-state index >= 15 is 0 Å². The molecule has 1 N–H and O–H groups in total. The number of aryl methyl sites for hydroxylation is 1. The highest BCUT2D eigenvalue weighted by atomic mass is 16.3. The van der Waals surface area contributed by atoms with Crippen molar-refractivity contribution in [3.63, 3.8) is 0 Å². The Bertz CT molecular complexity index is 368. The van der Waals surface area contributed by atoms with Crippen LogP contribution in [0.15, 0.2) is 24.0 Å². The fourth-order valence-electron chi connectivity index (χ4n) is 2.20. The normalized spacial score (nSPS) is 19.0. The average Bonchev–Trinajstić information content (AvgIpc) is 2.62. The molecule has 0 radical (unpaired) electrons. The molecule has 0 saturated carbocycles. The molecule has 1 aromatic rings. The number of hydrogen-bond donors (Lipinski definition) is 1. The lowest BCUT2D eigenvalue weighted by molar-refractivity contribution is 0.210. The van der Waals surface area contributed by atoms with Crippen molar-refractivity contribution in [3.05, 3.63) is 29.6 Å². The molecule has 88 valence electrons. The SMILES string of the molecule is CCn1cc(C(O)C2=CCCCCC2)cn1. The summed E-state index contributed by atoms with van der Waals surface area (Å²) in [5, 5.41) is 14.5. The Hall–Kier alpha value is -1.09. The van der Waals surface area contributed by atoms with Gasteiger partial charge in [-0.2, -0.15) is 5.10 Å². The van der Waals surface area contributed by atoms with Crippen LogP contribution < -0.4 is 0 Å². The minimum absolute atomic E-state index is 0.446. The van der Waals surface area contributed by atoms with Crippen LogP contribution in [0.3, 0.4) is 0 Å². The number of aliphatic hydroxyl groups excluding tert-OH is 1. The van der Waals surface area contributed by atoms with E-state index in [2.05, 4.69) is 11.2 Å². The highest BCUT2D eigenvalue weighted by molar-refractivity contribution is 5.22. The smallest absolute Gasteiger partial charge is 0.103 e. The van der Waals surface area contributed by atoms with E-state index in [0.717, 1.165) is 24.9 Å². The molecule has 3 nitrogen and oxygen atoms in total. The number of allylic oxidation sites excluding steroid dienone is 1. The van der Waals surface area contributed by atoms with Gasteiger partial charge >= 0.3 is 0 Å². The molecule has 0 aromatic carbocycles. The number of rotatable bonds is 3. The van der Waals surface area contributed by atoms with E-state index < -0.39 is 6.10 Å². The molecular formula is C13H20N2O. The second-order valence-electron chi connectivity index (χ2n) is 4.41. The monoisotopic (exact) mass is 220 g/mol. The fourth-order valence-corrected chi connectivity index (χ4v) is 2.20. The van der Waals surface area contributed by atoms with Crippen LogP contribution in [0.2, 0.25) is 0 Å². The molecule has 1 unspecified atom stereocenters. The highest BCUT2D eigenvalue weighted by Crippen LogP contribution is 2.28. The third-order valence-electron chi connectivity index (χ3n) is 3.22. The predicted octanol–water partition coefficient (Wildman–Crippen LogP) is 2.83. The van der Waals surface area contributed by atoms with Gasteiger partial charge in [0.1, 0.15) is 6.10 Å². The second kappa shape index (κ2) is 5.30. The minimum atomic E-state index is -0.446. The van der Waals surface area contributed by atoms with Crippen molar-refractivity contribution >= 4 is 0 Å². The van der Waals surface area contributed by atoms with Crippen LogP contribution in [-0.2, 0) is 6.54 Å². The Morgan fingerprint density at radius 2 is 2.31 bits per heavy atom. The number of nitrogens with zero attached hydrogens (tertiary/aromatic N) is 2. The summed E-state index contributed by atoms with van der Waals surface area (Å²) >= 11 is 0. The second-order valence-corrected chi connectivity index (χ2v) is 4.41. The van der Waals surface area contributed by atoms with Crippen LogP contribution in [0.1, 0.15) is 50.7 Å². The lowest BCUT2D eigenvalue weighted by Crippen LogP contribution is -2.00. The van der Waals surface area contributed by atoms with E-state index in [4.69, 9.17) is 0 Å². The molecule has 1 heterocycles. The molecule has 0 aliphatic heterocycles. The van der Waals surface area contributed by atoms with Gasteiger partial charge in [0.05, 0.1) is 6.20 Å². The summed E-state index contributed by atoms with van der Waals surface area (Å²) in [7, 11) is 0. The first-order valence-corrected chi connectivity index (χ1v) is 6.20. The first kappa shape index (κ1) is 11.4. The van der Waals surface area contributed by atoms with E-state index in [1.54, 1.807) is 6.20 Å². The molecule has 2 rings (SSSR count). The average molecular weight is 220 g/mol. The molecule has 0 spiro atoms. The zero-order valence-corrected chi connectivity index (χ0v) is 9.89. The van der Waals surface area contributed by atoms with Gasteiger partial charge in [-0.1, -0.05) is 12.5 Å². The van der Waals surface area contributed by atoms with Crippen LogP contribution in [-0.4, -0.2) is 14.9 Å². The van der Waals surface area contributed by atoms with Gasteiger partial charge in [0.25, 0.3) is 0 Å². The van der Waals surface area contributed by atoms with Crippen molar-refractivity contribution in [1.82, 2.24) is 9.78 Å². The van der Waals surface area contributed by atoms with Crippen molar-refractivity contribution in [3.8, 4) is 0 Å². The Kier molecular flexibility index (Phi) is 3.78. The maximum atomic E-state index is 10.3. The van der Waals surface area contributed by atoms with Gasteiger partial charge in [0.2, 0.25) is 0 Å². The van der Waals surface area contributed by atoms with E-state index in [1.807, 2.05) is 17.8 Å². The van der Waals surface area contributed by atoms with E-state index in [1.165, 1.54) is 24.8 Å². The summed E-state index contributed by atoms with van der Waals surface area (Å²) in [6, 6.07) is 0. The first-order chi connectivity index (χ1) is 7.81. The molecule has 3 heteroatoms. The molecule has 1 aromatic heterocycles. The van der Waals surface area contributed by atoms with Crippen molar-refractivity contribution in [2.75, 3.05) is 0 Å². The van der Waals surface area contributed by atoms with Gasteiger partial charge < -0.3 is 5.11 Å². The third-order valence-corrected chi connectivity index (χ3v) is 3.22. The Labute approximate surface area is 96.8 Å². The molecule has 0 saturated heterocycles. The Balaban J connectivity index is 2.10. The van der Waals surface area contributed by atoms with Crippen LogP contribution in [0.25, 0.3) is 0 Å². The van der Waals surface area contributed by atoms with Gasteiger partial charge in [0.15, 0.2) is 0 Å². The van der Waals surface area contributed by atoms with Crippen molar-refractivity contribution in [2.24, 2.45) is 0 Å². The molecule has 1 atom stereocenters. The van der Waals surface area contributed by atoms with Gasteiger partial charge in [-0.15, -0.1) is 0 Å². The van der Waals surface area contributed by atoms with Crippen LogP contribution in [0.5, 0.6) is 0 Å². The summed E-state index contributed by atoms with van der Waals surface area (Å²) < 4.78 is 1.86. The number of hydrogen-bond acceptors (Lipinski definition) is 2. The summed E-state index contributed by atoms with van der Waals surface area (Å²) in [5.41, 5.74) is 2.10. The summed E-state index contributed by atoms with van der Waals surface area (Å²) in [6.45, 7) is 2.90. The van der Waals surface area contributed by atoms with Gasteiger partial charge in [-0.25, -0.2) is 0 Å². The van der Waals surface area contributed by atoms with Crippen molar-refractivity contribution < 1.29 is 5.11 Å². The van der Waals surface area contributed by atoms with Crippen molar-refractivity contribution in [1.29, 1.82) is 0 Å². The molecule has 16 heavy (non-hydrogen) atoms. The van der Waals surface area contributed by atoms with Crippen LogP contribution in [0, 0.1) is 0 Å². The minimum Gasteiger partial charge on any atom is -0.384 e. The van der Waals surface area contributed by atoms with E-state index in [-0.39, 0.29) is 0 Å². The Morgan fingerprint density at radius 3 is 3.06 bits per heavy atom. The summed E-state index contributed by atoms with van der Waals surface area (Å²) in [4.78, 5) is 0. The predicted molar refractivity (Wildman–Crippen MR) is 64.0 cm³/mol. The van der Waals surface area contributed by atoms with Crippen LogP contribution in [0.4, 0.5) is 0 Å². The maximum absolute atomic E-state index is 10.3. The topological polar surface area (TPSA) is 38.0 Å². The number of aromatic nitrogens is 2. The van der Waals surface area contributed by atoms with Crippen LogP contribution >= 0.6 is 0 Å². The summed E-state index contributed by atoms with van der Waals surface area (Å²) in [5.74, 6) is 0. The van der Waals surface area contributed by atoms with E-state index in [0.29, 0.717) is 0 Å². The number of aliphatic hydroxyl groups is 1. The summed E-state index contributed by atoms with van der Waals surface area (Å²) in [6.07, 6.45) is 11.3. The fraction of sp³-hybridized carbons (Fsp3) is 0.615. The highest BCUT2D eigenvalue weighted by Gasteiger charge is 2.16. The van der Waals surface area contributed by atoms with Crippen molar-refractivity contribution in [2.45, 2.75) is 51.7 Å². The molecule has 0 bridgehead atoms. The van der Waals surface area contributed by atoms with Gasteiger partial charge in [0, 0.05) is 18.3 Å². The maximum Gasteiger partial charge on any atom is 0.103 e. The zero-order valence-electron chi connectivity index (χ0n) is 9.89. The first-order valence-electron chi connectivity index (χ1n) is 6.20. The lowest BCUT2D eigenvalue weighted by atomic mass is 10.0. The molecular weight excluding hydrogens is 200 g/mol. The zero-order chi connectivity index (χ0) is 11.4. The molecule has 1 aliphatic rings. The Morgan fingerprint density at radius 1 is 1.44 bits per heavy atom. The molecule has 1 aliphatic carbocycles. The molecule has 0 amide bonds. The largest absolute Gasteiger partial charge is 0.384 e. The third kappa shape index (κ3) is 2.53. The van der Waals surface area contributed by atoms with Gasteiger partial charge in [-0.3, -0.25) is 4.68 Å². The standard InChI is InChI=1S/C13H20N2O/c1-2-15-10-12(9-14-15)13(16)11-7-5-3-4-6-8-11/h7,9-10,13,16H,2-6,8H2,1H3. The molecule has 0 fully saturated rings.